The van der Waals surface area contributed by atoms with Crippen LogP contribution in [-0.2, 0) is 0 Å². The van der Waals surface area contributed by atoms with E-state index in [0.717, 1.165) is 25.9 Å². The first kappa shape index (κ1) is 12.1. The van der Waals surface area contributed by atoms with Crippen molar-refractivity contribution in [2.45, 2.75) is 32.1 Å². The number of carbonyl (C=O) groups excluding carboxylic acids is 1. The molecule has 0 amide bonds. The number of benzene rings is 1. The van der Waals surface area contributed by atoms with Gasteiger partial charge in [-0.2, -0.15) is 0 Å². The number of aldehydes is 1. The van der Waals surface area contributed by atoms with Gasteiger partial charge in [0.15, 0.2) is 0 Å². The third kappa shape index (κ3) is 3.05. The van der Waals surface area contributed by atoms with Gasteiger partial charge >= 0.3 is 0 Å². The molecule has 17 heavy (non-hydrogen) atoms. The normalized spacial score (nSPS) is 17.4. The predicted molar refractivity (Wildman–Crippen MR) is 67.1 cm³/mol. The minimum Gasteiger partial charge on any atom is -0.369 e. The van der Waals surface area contributed by atoms with Crippen molar-refractivity contribution in [3.05, 3.63) is 29.6 Å². The predicted octanol–water partition coefficient (Wildman–Crippen LogP) is 3.41. The summed E-state index contributed by atoms with van der Waals surface area (Å²) in [5.41, 5.74) is 1.04. The average molecular weight is 235 g/mol. The Morgan fingerprint density at radius 3 is 2.29 bits per heavy atom. The van der Waals surface area contributed by atoms with Crippen LogP contribution in [-0.4, -0.2) is 19.4 Å². The monoisotopic (exact) mass is 235 g/mol. The summed E-state index contributed by atoms with van der Waals surface area (Å²) < 4.78 is 13.9. The Hall–Kier alpha value is -1.38. The van der Waals surface area contributed by atoms with E-state index in [1.54, 1.807) is 12.1 Å². The number of rotatable bonds is 2. The van der Waals surface area contributed by atoms with Crippen LogP contribution in [0.15, 0.2) is 18.2 Å². The maximum atomic E-state index is 13.9. The highest BCUT2D eigenvalue weighted by molar-refractivity contribution is 5.76. The lowest BCUT2D eigenvalue weighted by Gasteiger charge is -2.27. The molecular formula is C14H18FNO. The van der Waals surface area contributed by atoms with Gasteiger partial charge in [0.1, 0.15) is 12.1 Å². The molecule has 2 rings (SSSR count). The minimum absolute atomic E-state index is 0.282. The van der Waals surface area contributed by atoms with E-state index in [1.165, 1.54) is 25.3 Å². The summed E-state index contributed by atoms with van der Waals surface area (Å²) in [5, 5.41) is 0. The van der Waals surface area contributed by atoms with Gasteiger partial charge in [0, 0.05) is 18.7 Å². The van der Waals surface area contributed by atoms with Gasteiger partial charge in [-0.05, 0) is 31.0 Å². The zero-order valence-corrected chi connectivity index (χ0v) is 9.99. The molecule has 92 valence electrons. The Morgan fingerprint density at radius 2 is 1.71 bits per heavy atom. The average Bonchev–Trinajstić information content (AvgIpc) is 2.29. The van der Waals surface area contributed by atoms with Crippen LogP contribution in [0, 0.1) is 5.82 Å². The molecule has 1 aromatic rings. The fraction of sp³-hybridized carbons (Fsp3) is 0.500. The van der Waals surface area contributed by atoms with Crippen LogP contribution in [0.4, 0.5) is 10.1 Å². The number of carbonyl (C=O) groups is 1. The van der Waals surface area contributed by atoms with E-state index in [4.69, 9.17) is 0 Å². The molecule has 0 aliphatic carbocycles. The summed E-state index contributed by atoms with van der Waals surface area (Å²) in [6.07, 6.45) is 6.67. The summed E-state index contributed by atoms with van der Waals surface area (Å²) in [4.78, 5) is 12.7. The van der Waals surface area contributed by atoms with Gasteiger partial charge in [-0.15, -0.1) is 0 Å². The molecule has 1 aliphatic rings. The zero-order chi connectivity index (χ0) is 12.1. The second-order valence-electron chi connectivity index (χ2n) is 4.58. The Bertz CT molecular complexity index is 384. The molecule has 1 aliphatic heterocycles. The molecule has 0 bridgehead atoms. The topological polar surface area (TPSA) is 20.3 Å². The lowest BCUT2D eigenvalue weighted by Crippen LogP contribution is -2.27. The van der Waals surface area contributed by atoms with Crippen molar-refractivity contribution in [2.75, 3.05) is 18.0 Å². The van der Waals surface area contributed by atoms with E-state index in [9.17, 15) is 9.18 Å². The van der Waals surface area contributed by atoms with E-state index in [-0.39, 0.29) is 5.82 Å². The molecule has 0 radical (unpaired) electrons. The highest BCUT2D eigenvalue weighted by atomic mass is 19.1. The van der Waals surface area contributed by atoms with Crippen molar-refractivity contribution in [1.29, 1.82) is 0 Å². The van der Waals surface area contributed by atoms with Crippen LogP contribution in [0.3, 0.4) is 0 Å². The third-order valence-electron chi connectivity index (χ3n) is 3.30. The largest absolute Gasteiger partial charge is 0.369 e. The molecule has 3 heteroatoms. The number of hydrogen-bond donors (Lipinski definition) is 0. The summed E-state index contributed by atoms with van der Waals surface area (Å²) in [7, 11) is 0. The van der Waals surface area contributed by atoms with Gasteiger partial charge in [0.05, 0.1) is 5.69 Å². The maximum Gasteiger partial charge on any atom is 0.150 e. The molecule has 0 spiro atoms. The molecule has 0 aromatic heterocycles. The van der Waals surface area contributed by atoms with Gasteiger partial charge in [-0.3, -0.25) is 4.79 Å². The summed E-state index contributed by atoms with van der Waals surface area (Å²) in [6.45, 7) is 1.83. The lowest BCUT2D eigenvalue weighted by atomic mass is 10.1. The molecule has 0 unspecified atom stereocenters. The summed E-state index contributed by atoms with van der Waals surface area (Å²) in [6, 6.07) is 4.73. The van der Waals surface area contributed by atoms with Gasteiger partial charge in [-0.1, -0.05) is 19.3 Å². The van der Waals surface area contributed by atoms with Gasteiger partial charge in [0.2, 0.25) is 0 Å². The summed E-state index contributed by atoms with van der Waals surface area (Å²) >= 11 is 0. The fourth-order valence-electron chi connectivity index (χ4n) is 2.34. The molecule has 1 aromatic carbocycles. The maximum absolute atomic E-state index is 13.9. The second kappa shape index (κ2) is 5.80. The molecule has 0 atom stereocenters. The number of halogens is 1. The Balaban J connectivity index is 2.16. The SMILES string of the molecule is O=Cc1ccc(N2CCCCCCC2)c(F)c1. The van der Waals surface area contributed by atoms with Crippen LogP contribution in [0.1, 0.15) is 42.5 Å². The van der Waals surface area contributed by atoms with Crippen LogP contribution < -0.4 is 4.90 Å². The van der Waals surface area contributed by atoms with E-state index in [2.05, 4.69) is 4.90 Å². The van der Waals surface area contributed by atoms with Crippen LogP contribution in [0.2, 0.25) is 0 Å². The Kier molecular flexibility index (Phi) is 4.13. The molecular weight excluding hydrogens is 217 g/mol. The van der Waals surface area contributed by atoms with Crippen LogP contribution >= 0.6 is 0 Å². The second-order valence-corrected chi connectivity index (χ2v) is 4.58. The molecule has 0 N–H and O–H groups in total. The van der Waals surface area contributed by atoms with Gasteiger partial charge in [-0.25, -0.2) is 4.39 Å². The minimum atomic E-state index is -0.282. The van der Waals surface area contributed by atoms with Gasteiger partial charge < -0.3 is 4.90 Å². The van der Waals surface area contributed by atoms with Crippen LogP contribution in [0.5, 0.6) is 0 Å². The van der Waals surface area contributed by atoms with E-state index in [1.807, 2.05) is 0 Å². The zero-order valence-electron chi connectivity index (χ0n) is 9.99. The first-order chi connectivity index (χ1) is 8.31. The first-order valence-electron chi connectivity index (χ1n) is 6.31. The molecule has 1 fully saturated rings. The number of anilines is 1. The van der Waals surface area contributed by atoms with Gasteiger partial charge in [0.25, 0.3) is 0 Å². The summed E-state index contributed by atoms with van der Waals surface area (Å²) in [5.74, 6) is -0.282. The molecule has 1 heterocycles. The third-order valence-corrected chi connectivity index (χ3v) is 3.30. The van der Waals surface area contributed by atoms with E-state index in [0.29, 0.717) is 17.5 Å². The highest BCUT2D eigenvalue weighted by Gasteiger charge is 2.13. The molecule has 2 nitrogen and oxygen atoms in total. The molecule has 1 saturated heterocycles. The lowest BCUT2D eigenvalue weighted by molar-refractivity contribution is 0.112. The van der Waals surface area contributed by atoms with Crippen LogP contribution in [0.25, 0.3) is 0 Å². The number of nitrogens with zero attached hydrogens (tertiary/aromatic N) is 1. The van der Waals surface area contributed by atoms with Crippen molar-refractivity contribution >= 4 is 12.0 Å². The van der Waals surface area contributed by atoms with Crippen molar-refractivity contribution in [1.82, 2.24) is 0 Å². The van der Waals surface area contributed by atoms with E-state index < -0.39 is 0 Å². The Morgan fingerprint density at radius 1 is 1.06 bits per heavy atom. The smallest absolute Gasteiger partial charge is 0.150 e. The Labute approximate surface area is 101 Å². The standard InChI is InChI=1S/C14H18FNO/c15-13-10-12(11-17)6-7-14(13)16-8-4-2-1-3-5-9-16/h6-7,10-11H,1-5,8-9H2. The van der Waals surface area contributed by atoms with Crippen molar-refractivity contribution in [3.8, 4) is 0 Å². The van der Waals surface area contributed by atoms with Crippen molar-refractivity contribution < 1.29 is 9.18 Å². The number of hydrogen-bond acceptors (Lipinski definition) is 2. The quantitative estimate of drug-likeness (QED) is 0.732. The van der Waals surface area contributed by atoms with E-state index >= 15 is 0 Å². The fourth-order valence-corrected chi connectivity index (χ4v) is 2.34. The van der Waals surface area contributed by atoms with Crippen molar-refractivity contribution in [2.24, 2.45) is 0 Å². The van der Waals surface area contributed by atoms with Crippen molar-refractivity contribution in [3.63, 3.8) is 0 Å². The highest BCUT2D eigenvalue weighted by Crippen LogP contribution is 2.23. The first-order valence-corrected chi connectivity index (χ1v) is 6.31. The molecule has 0 saturated carbocycles.